The second-order valence-electron chi connectivity index (χ2n) is 3.03. The molecule has 0 aliphatic rings. The summed E-state index contributed by atoms with van der Waals surface area (Å²) in [6, 6.07) is 0. The molecule has 1 aromatic rings. The molecular formula is C9H13N3O2S. The highest BCUT2D eigenvalue weighted by Crippen LogP contribution is 2.15. The van der Waals surface area contributed by atoms with Crippen LogP contribution < -0.4 is 11.1 Å². The van der Waals surface area contributed by atoms with Crippen LogP contribution in [0.25, 0.3) is 0 Å². The number of hydrogen-bond donors (Lipinski definition) is 2. The lowest BCUT2D eigenvalue weighted by Gasteiger charge is -1.99. The van der Waals surface area contributed by atoms with E-state index >= 15 is 0 Å². The van der Waals surface area contributed by atoms with E-state index in [1.54, 1.807) is 5.38 Å². The molecule has 1 rings (SSSR count). The van der Waals surface area contributed by atoms with Crippen LogP contribution in [0, 0.1) is 0 Å². The molecule has 0 aromatic carbocycles. The maximum Gasteiger partial charge on any atom is 0.226 e. The monoisotopic (exact) mass is 227 g/mol. The molecule has 0 saturated carbocycles. The minimum absolute atomic E-state index is 0.103. The second kappa shape index (κ2) is 5.57. The van der Waals surface area contributed by atoms with Gasteiger partial charge in [-0.2, -0.15) is 0 Å². The van der Waals surface area contributed by atoms with Crippen molar-refractivity contribution >= 4 is 28.2 Å². The number of Topliss-reactive ketones (excluding diaryl/α,β-unsaturated/α-hetero) is 1. The number of carbonyl (C=O) groups excluding carboxylic acids is 2. The van der Waals surface area contributed by atoms with Crippen LogP contribution in [0.2, 0.25) is 0 Å². The Bertz CT molecular complexity index is 362. The van der Waals surface area contributed by atoms with Gasteiger partial charge in [0.05, 0.1) is 0 Å². The summed E-state index contributed by atoms with van der Waals surface area (Å²) in [5, 5.41) is 4.70. The zero-order chi connectivity index (χ0) is 11.3. The van der Waals surface area contributed by atoms with E-state index in [4.69, 9.17) is 5.73 Å². The number of amides is 1. The van der Waals surface area contributed by atoms with Gasteiger partial charge in [-0.3, -0.25) is 9.59 Å². The maximum atomic E-state index is 11.3. The molecule has 0 radical (unpaired) electrons. The van der Waals surface area contributed by atoms with Crippen molar-refractivity contribution < 1.29 is 9.59 Å². The first-order valence-electron chi connectivity index (χ1n) is 4.60. The average molecular weight is 227 g/mol. The summed E-state index contributed by atoms with van der Waals surface area (Å²) in [5.74, 6) is -0.224. The molecular weight excluding hydrogens is 214 g/mol. The number of anilines is 1. The molecule has 0 aliphatic carbocycles. The van der Waals surface area contributed by atoms with E-state index in [1.807, 2.05) is 0 Å². The van der Waals surface area contributed by atoms with Gasteiger partial charge >= 0.3 is 0 Å². The van der Waals surface area contributed by atoms with E-state index in [1.165, 1.54) is 18.3 Å². The Morgan fingerprint density at radius 2 is 2.33 bits per heavy atom. The third kappa shape index (κ3) is 3.77. The van der Waals surface area contributed by atoms with Crippen LogP contribution >= 0.6 is 11.3 Å². The van der Waals surface area contributed by atoms with Gasteiger partial charge < -0.3 is 11.1 Å². The Morgan fingerprint density at radius 1 is 1.60 bits per heavy atom. The quantitative estimate of drug-likeness (QED) is 0.735. The number of thiazole rings is 1. The molecule has 0 bridgehead atoms. The molecule has 3 N–H and O–H groups in total. The Balaban J connectivity index is 2.50. The molecule has 0 fully saturated rings. The van der Waals surface area contributed by atoms with Crippen molar-refractivity contribution in [1.82, 2.24) is 4.98 Å². The molecule has 0 spiro atoms. The van der Waals surface area contributed by atoms with Crippen LogP contribution in [0.4, 0.5) is 5.13 Å². The van der Waals surface area contributed by atoms with Gasteiger partial charge in [0.15, 0.2) is 10.9 Å². The van der Waals surface area contributed by atoms with E-state index in [-0.39, 0.29) is 11.7 Å². The van der Waals surface area contributed by atoms with E-state index in [2.05, 4.69) is 10.3 Å². The summed E-state index contributed by atoms with van der Waals surface area (Å²) in [4.78, 5) is 26.2. The van der Waals surface area contributed by atoms with Crippen molar-refractivity contribution in [1.29, 1.82) is 0 Å². The number of nitrogens with one attached hydrogen (secondary N) is 1. The van der Waals surface area contributed by atoms with E-state index in [9.17, 15) is 9.59 Å². The molecule has 1 amide bonds. The van der Waals surface area contributed by atoms with Crippen molar-refractivity contribution in [2.45, 2.75) is 19.8 Å². The molecule has 1 heterocycles. The van der Waals surface area contributed by atoms with E-state index in [0.717, 1.165) is 0 Å². The topological polar surface area (TPSA) is 85.1 Å². The lowest BCUT2D eigenvalue weighted by molar-refractivity contribution is -0.116. The smallest absolute Gasteiger partial charge is 0.226 e. The van der Waals surface area contributed by atoms with Gasteiger partial charge in [0.2, 0.25) is 5.91 Å². The Labute approximate surface area is 91.7 Å². The minimum Gasteiger partial charge on any atom is -0.330 e. The standard InChI is InChI=1S/C9H13N3O2S/c1-6(13)7-5-15-9(11-7)12-8(14)3-2-4-10/h5H,2-4,10H2,1H3,(H,11,12,14). The fraction of sp³-hybridized carbons (Fsp3) is 0.444. The number of ketones is 1. The summed E-state index contributed by atoms with van der Waals surface area (Å²) < 4.78 is 0. The molecule has 1 aromatic heterocycles. The SMILES string of the molecule is CC(=O)c1csc(NC(=O)CCCN)n1. The van der Waals surface area contributed by atoms with Crippen LogP contribution in [0.5, 0.6) is 0 Å². The lowest BCUT2D eigenvalue weighted by Crippen LogP contribution is -2.13. The van der Waals surface area contributed by atoms with Gasteiger partial charge in [-0.05, 0) is 13.0 Å². The highest BCUT2D eigenvalue weighted by Gasteiger charge is 2.08. The van der Waals surface area contributed by atoms with Crippen LogP contribution in [0.3, 0.4) is 0 Å². The fourth-order valence-corrected chi connectivity index (χ4v) is 1.70. The Morgan fingerprint density at radius 3 is 2.87 bits per heavy atom. The molecule has 0 unspecified atom stereocenters. The van der Waals surface area contributed by atoms with E-state index < -0.39 is 0 Å². The highest BCUT2D eigenvalue weighted by molar-refractivity contribution is 7.14. The number of carbonyl (C=O) groups is 2. The third-order valence-electron chi connectivity index (χ3n) is 1.72. The summed E-state index contributed by atoms with van der Waals surface area (Å²) in [5.41, 5.74) is 5.66. The average Bonchev–Trinajstić information content (AvgIpc) is 2.63. The van der Waals surface area contributed by atoms with Crippen LogP contribution in [-0.4, -0.2) is 23.2 Å². The molecule has 82 valence electrons. The van der Waals surface area contributed by atoms with Crippen molar-refractivity contribution in [3.63, 3.8) is 0 Å². The highest BCUT2D eigenvalue weighted by atomic mass is 32.1. The molecule has 15 heavy (non-hydrogen) atoms. The summed E-state index contributed by atoms with van der Waals surface area (Å²) in [7, 11) is 0. The van der Waals surface area contributed by atoms with Crippen molar-refractivity contribution in [2.75, 3.05) is 11.9 Å². The zero-order valence-electron chi connectivity index (χ0n) is 8.45. The first-order valence-corrected chi connectivity index (χ1v) is 5.48. The second-order valence-corrected chi connectivity index (χ2v) is 3.89. The predicted octanol–water partition coefficient (Wildman–Crippen LogP) is 1.02. The zero-order valence-corrected chi connectivity index (χ0v) is 9.26. The van der Waals surface area contributed by atoms with Gasteiger partial charge in [-0.1, -0.05) is 0 Å². The lowest BCUT2D eigenvalue weighted by atomic mass is 10.3. The first-order chi connectivity index (χ1) is 7.13. The molecule has 0 atom stereocenters. The third-order valence-corrected chi connectivity index (χ3v) is 2.48. The number of aromatic nitrogens is 1. The van der Waals surface area contributed by atoms with Gasteiger partial charge in [-0.25, -0.2) is 4.98 Å². The van der Waals surface area contributed by atoms with Crippen LogP contribution in [0.15, 0.2) is 5.38 Å². The molecule has 5 nitrogen and oxygen atoms in total. The van der Waals surface area contributed by atoms with Gasteiger partial charge in [-0.15, -0.1) is 11.3 Å². The molecule has 0 aliphatic heterocycles. The fourth-order valence-electron chi connectivity index (χ4n) is 0.937. The summed E-state index contributed by atoms with van der Waals surface area (Å²) in [6.45, 7) is 1.93. The predicted molar refractivity (Wildman–Crippen MR) is 59.0 cm³/mol. The van der Waals surface area contributed by atoms with Crippen molar-refractivity contribution in [2.24, 2.45) is 5.73 Å². The minimum atomic E-state index is -0.120. The van der Waals surface area contributed by atoms with Crippen molar-refractivity contribution in [3.05, 3.63) is 11.1 Å². The first kappa shape index (κ1) is 11.8. The summed E-state index contributed by atoms with van der Waals surface area (Å²) in [6.07, 6.45) is 1.03. The Kier molecular flexibility index (Phi) is 4.38. The number of nitrogens with two attached hydrogens (primary N) is 1. The maximum absolute atomic E-state index is 11.3. The Hall–Kier alpha value is -1.27. The molecule has 0 saturated heterocycles. The van der Waals surface area contributed by atoms with Gasteiger partial charge in [0, 0.05) is 18.7 Å². The number of rotatable bonds is 5. The number of nitrogens with zero attached hydrogens (tertiary/aromatic N) is 1. The van der Waals surface area contributed by atoms with Gasteiger partial charge in [0.1, 0.15) is 5.69 Å². The van der Waals surface area contributed by atoms with Gasteiger partial charge in [0.25, 0.3) is 0 Å². The molecule has 6 heteroatoms. The largest absolute Gasteiger partial charge is 0.330 e. The van der Waals surface area contributed by atoms with E-state index in [0.29, 0.717) is 30.2 Å². The van der Waals surface area contributed by atoms with Crippen molar-refractivity contribution in [3.8, 4) is 0 Å². The van der Waals surface area contributed by atoms with Crippen LogP contribution in [0.1, 0.15) is 30.3 Å². The number of hydrogen-bond acceptors (Lipinski definition) is 5. The normalized spacial score (nSPS) is 10.0. The van der Waals surface area contributed by atoms with Crippen LogP contribution in [-0.2, 0) is 4.79 Å². The summed E-state index contributed by atoms with van der Waals surface area (Å²) >= 11 is 1.24.